The quantitative estimate of drug-likeness (QED) is 0.690. The van der Waals surface area contributed by atoms with Crippen LogP contribution in [0.25, 0.3) is 22.7 Å². The van der Waals surface area contributed by atoms with Gasteiger partial charge in [0, 0.05) is 13.0 Å². The molecule has 0 bridgehead atoms. The zero-order valence-corrected chi connectivity index (χ0v) is 11.2. The van der Waals surface area contributed by atoms with Crippen molar-refractivity contribution in [3.05, 3.63) is 45.5 Å². The number of benzene rings is 1. The number of fused-ring (bicyclic) bond motifs is 2. The van der Waals surface area contributed by atoms with Crippen LogP contribution in [-0.2, 0) is 13.0 Å². The summed E-state index contributed by atoms with van der Waals surface area (Å²) in [6.07, 6.45) is 1.74. The molecule has 0 unspecified atom stereocenters. The van der Waals surface area contributed by atoms with Crippen molar-refractivity contribution in [2.75, 3.05) is 0 Å². The van der Waals surface area contributed by atoms with Gasteiger partial charge in [-0.3, -0.25) is 9.36 Å². The molecule has 1 aliphatic heterocycles. The molecule has 1 aliphatic rings. The maximum Gasteiger partial charge on any atom is 0.283 e. The van der Waals surface area contributed by atoms with E-state index in [1.165, 1.54) is 0 Å². The minimum Gasteiger partial charge on any atom is -0.417 e. The molecule has 100 valence electrons. The van der Waals surface area contributed by atoms with E-state index in [1.807, 2.05) is 12.1 Å². The highest BCUT2D eigenvalue weighted by atomic mass is 35.5. The summed E-state index contributed by atoms with van der Waals surface area (Å²) in [4.78, 5) is 21.0. The van der Waals surface area contributed by atoms with Crippen LogP contribution in [0, 0.1) is 0 Å². The molecule has 5 nitrogen and oxygen atoms in total. The van der Waals surface area contributed by atoms with Crippen LogP contribution in [0.2, 0.25) is 5.02 Å². The van der Waals surface area contributed by atoms with Crippen molar-refractivity contribution in [2.24, 2.45) is 0 Å². The predicted octanol–water partition coefficient (Wildman–Crippen LogP) is 2.65. The average molecular weight is 288 g/mol. The van der Waals surface area contributed by atoms with Crippen LogP contribution >= 0.6 is 11.6 Å². The van der Waals surface area contributed by atoms with Gasteiger partial charge >= 0.3 is 0 Å². The fraction of sp³-hybridized carbons (Fsp3) is 0.214. The molecule has 1 aromatic carbocycles. The van der Waals surface area contributed by atoms with Gasteiger partial charge in [0.25, 0.3) is 11.3 Å². The highest BCUT2D eigenvalue weighted by Crippen LogP contribution is 2.28. The van der Waals surface area contributed by atoms with Gasteiger partial charge < -0.3 is 4.42 Å². The third kappa shape index (κ3) is 1.59. The maximum atomic E-state index is 12.3. The molecular weight excluding hydrogens is 278 g/mol. The fourth-order valence-electron chi connectivity index (χ4n) is 2.52. The monoisotopic (exact) mass is 287 g/mol. The van der Waals surface area contributed by atoms with Crippen molar-refractivity contribution in [2.45, 2.75) is 19.4 Å². The van der Waals surface area contributed by atoms with Crippen molar-refractivity contribution in [3.63, 3.8) is 0 Å². The van der Waals surface area contributed by atoms with Crippen molar-refractivity contribution in [3.8, 4) is 11.5 Å². The normalized spacial score (nSPS) is 13.8. The first kappa shape index (κ1) is 11.7. The molecule has 6 heteroatoms. The number of oxazole rings is 1. The zero-order valence-electron chi connectivity index (χ0n) is 10.5. The lowest BCUT2D eigenvalue weighted by Gasteiger charge is -1.98. The summed E-state index contributed by atoms with van der Waals surface area (Å²) in [5.41, 5.74) is 1.09. The lowest BCUT2D eigenvalue weighted by atomic mass is 10.2. The summed E-state index contributed by atoms with van der Waals surface area (Å²) in [5, 5.41) is 0.534. The summed E-state index contributed by atoms with van der Waals surface area (Å²) in [6.45, 7) is 0.700. The summed E-state index contributed by atoms with van der Waals surface area (Å²) in [5.74, 6) is 1.10. The van der Waals surface area contributed by atoms with E-state index in [9.17, 15) is 4.79 Å². The first-order chi connectivity index (χ1) is 9.74. The van der Waals surface area contributed by atoms with Crippen LogP contribution in [0.15, 0.2) is 33.5 Å². The van der Waals surface area contributed by atoms with E-state index < -0.39 is 0 Å². The lowest BCUT2D eigenvalue weighted by Crippen LogP contribution is -2.20. The van der Waals surface area contributed by atoms with E-state index in [4.69, 9.17) is 16.0 Å². The Bertz CT molecular complexity index is 882. The summed E-state index contributed by atoms with van der Waals surface area (Å²) in [6, 6.07) is 7.23. The van der Waals surface area contributed by atoms with Gasteiger partial charge in [0.15, 0.2) is 5.52 Å². The molecule has 0 saturated carbocycles. The van der Waals surface area contributed by atoms with Gasteiger partial charge in [0.2, 0.25) is 5.89 Å². The Morgan fingerprint density at radius 3 is 2.95 bits per heavy atom. The van der Waals surface area contributed by atoms with E-state index in [0.717, 1.165) is 18.7 Å². The number of halogens is 1. The van der Waals surface area contributed by atoms with Crippen molar-refractivity contribution in [1.29, 1.82) is 0 Å². The van der Waals surface area contributed by atoms with Crippen LogP contribution in [0.5, 0.6) is 0 Å². The molecule has 2 aromatic heterocycles. The second kappa shape index (κ2) is 4.18. The highest BCUT2D eigenvalue weighted by molar-refractivity contribution is 6.33. The number of aromatic nitrogens is 3. The minimum atomic E-state index is -0.135. The van der Waals surface area contributed by atoms with Gasteiger partial charge in [0.05, 0.1) is 10.6 Å². The fourth-order valence-corrected chi connectivity index (χ4v) is 2.73. The van der Waals surface area contributed by atoms with Crippen LogP contribution in [-0.4, -0.2) is 14.5 Å². The Labute approximate surface area is 118 Å². The Balaban J connectivity index is 1.99. The number of nitrogens with zero attached hydrogens (tertiary/aromatic N) is 3. The minimum absolute atomic E-state index is 0.135. The van der Waals surface area contributed by atoms with Gasteiger partial charge in [-0.05, 0) is 18.6 Å². The SMILES string of the molecule is O=c1c2nc(-c3ccccc3Cl)oc2nc2n1CCC2. The van der Waals surface area contributed by atoms with E-state index in [1.54, 1.807) is 16.7 Å². The van der Waals surface area contributed by atoms with Crippen LogP contribution in [0.4, 0.5) is 0 Å². The van der Waals surface area contributed by atoms with E-state index >= 15 is 0 Å². The van der Waals surface area contributed by atoms with Crippen molar-refractivity contribution < 1.29 is 4.42 Å². The molecule has 0 saturated heterocycles. The van der Waals surface area contributed by atoms with Gasteiger partial charge in [-0.1, -0.05) is 23.7 Å². The molecule has 3 aromatic rings. The third-order valence-corrected chi connectivity index (χ3v) is 3.82. The van der Waals surface area contributed by atoms with Gasteiger partial charge in [-0.2, -0.15) is 4.98 Å². The van der Waals surface area contributed by atoms with Crippen molar-refractivity contribution >= 4 is 22.8 Å². The smallest absolute Gasteiger partial charge is 0.283 e. The predicted molar refractivity (Wildman–Crippen MR) is 74.8 cm³/mol. The van der Waals surface area contributed by atoms with E-state index in [-0.39, 0.29) is 16.8 Å². The van der Waals surface area contributed by atoms with Gasteiger partial charge in [-0.15, -0.1) is 0 Å². The number of hydrogen-bond acceptors (Lipinski definition) is 4. The largest absolute Gasteiger partial charge is 0.417 e. The molecule has 3 heterocycles. The topological polar surface area (TPSA) is 60.9 Å². The van der Waals surface area contributed by atoms with E-state index in [2.05, 4.69) is 9.97 Å². The summed E-state index contributed by atoms with van der Waals surface area (Å²) in [7, 11) is 0. The number of rotatable bonds is 1. The molecule has 20 heavy (non-hydrogen) atoms. The molecule has 0 aliphatic carbocycles. The first-order valence-corrected chi connectivity index (χ1v) is 6.77. The number of aryl methyl sites for hydroxylation is 1. The number of hydrogen-bond donors (Lipinski definition) is 0. The molecule has 0 spiro atoms. The third-order valence-electron chi connectivity index (χ3n) is 3.49. The molecule has 0 radical (unpaired) electrons. The first-order valence-electron chi connectivity index (χ1n) is 6.39. The van der Waals surface area contributed by atoms with E-state index in [0.29, 0.717) is 23.0 Å². The Morgan fingerprint density at radius 2 is 2.10 bits per heavy atom. The lowest BCUT2D eigenvalue weighted by molar-refractivity contribution is 0.602. The second-order valence-electron chi connectivity index (χ2n) is 4.74. The van der Waals surface area contributed by atoms with Crippen LogP contribution < -0.4 is 5.56 Å². The second-order valence-corrected chi connectivity index (χ2v) is 5.15. The summed E-state index contributed by atoms with van der Waals surface area (Å²) < 4.78 is 7.29. The van der Waals surface area contributed by atoms with Crippen molar-refractivity contribution in [1.82, 2.24) is 14.5 Å². The average Bonchev–Trinajstić information content (AvgIpc) is 3.06. The van der Waals surface area contributed by atoms with Gasteiger partial charge in [-0.25, -0.2) is 4.98 Å². The Kier molecular flexibility index (Phi) is 2.44. The molecule has 0 N–H and O–H groups in total. The standard InChI is InChI=1S/C14H10ClN3O2/c15-9-5-2-1-4-8(9)12-17-11-13(20-12)16-10-6-3-7-18(10)14(11)19/h1-2,4-5H,3,6-7H2. The molecule has 0 amide bonds. The maximum absolute atomic E-state index is 12.3. The van der Waals surface area contributed by atoms with Gasteiger partial charge in [0.1, 0.15) is 5.82 Å². The zero-order chi connectivity index (χ0) is 13.7. The highest BCUT2D eigenvalue weighted by Gasteiger charge is 2.21. The molecule has 4 rings (SSSR count). The van der Waals surface area contributed by atoms with Crippen LogP contribution in [0.1, 0.15) is 12.2 Å². The van der Waals surface area contributed by atoms with Crippen LogP contribution in [0.3, 0.4) is 0 Å². The summed E-state index contributed by atoms with van der Waals surface area (Å²) >= 11 is 6.12. The molecular formula is C14H10ClN3O2. The molecule has 0 atom stereocenters. The Hall–Kier alpha value is -2.14. The Morgan fingerprint density at radius 1 is 1.25 bits per heavy atom. The molecule has 0 fully saturated rings.